The first-order valence-corrected chi connectivity index (χ1v) is 8.61. The summed E-state index contributed by atoms with van der Waals surface area (Å²) in [6.45, 7) is 7.35. The van der Waals surface area contributed by atoms with Gasteiger partial charge in [0.15, 0.2) is 0 Å². The van der Waals surface area contributed by atoms with Gasteiger partial charge in [-0.15, -0.1) is 0 Å². The number of hydrogen-bond donors (Lipinski definition) is 0. The largest absolute Gasteiger partial charge is 0.464 e. The molecule has 0 atom stereocenters. The summed E-state index contributed by atoms with van der Waals surface area (Å²) >= 11 is 0. The molecule has 3 heteroatoms. The van der Waals surface area contributed by atoms with Crippen LogP contribution < -0.4 is 4.90 Å². The van der Waals surface area contributed by atoms with Gasteiger partial charge in [-0.1, -0.05) is 6.07 Å². The van der Waals surface area contributed by atoms with Gasteiger partial charge in [0.25, 0.3) is 0 Å². The molecule has 0 amide bonds. The molecule has 1 fully saturated rings. The second-order valence-electron chi connectivity index (χ2n) is 6.64. The Morgan fingerprint density at radius 1 is 1.00 bits per heavy atom. The van der Waals surface area contributed by atoms with Gasteiger partial charge >= 0.3 is 0 Å². The minimum absolute atomic E-state index is 0.798. The number of rotatable bonds is 3. The number of furan rings is 1. The zero-order chi connectivity index (χ0) is 15.8. The third kappa shape index (κ3) is 2.65. The topological polar surface area (TPSA) is 21.3 Å². The van der Waals surface area contributed by atoms with Crippen LogP contribution in [-0.4, -0.2) is 17.7 Å². The molecule has 1 aliphatic rings. The number of aryl methyl sites for hydroxylation is 2. The first kappa shape index (κ1) is 14.4. The molecule has 0 saturated carbocycles. The van der Waals surface area contributed by atoms with E-state index < -0.39 is 0 Å². The Balaban J connectivity index is 1.75. The molecule has 2 aromatic heterocycles. The van der Waals surface area contributed by atoms with Crippen LogP contribution in [0.2, 0.25) is 0 Å². The Labute approximate surface area is 137 Å². The second-order valence-corrected chi connectivity index (χ2v) is 6.64. The van der Waals surface area contributed by atoms with Crippen LogP contribution >= 0.6 is 0 Å². The molecule has 3 aromatic rings. The summed E-state index contributed by atoms with van der Waals surface area (Å²) in [6.07, 6.45) is 3.98. The Kier molecular flexibility index (Phi) is 3.64. The molecule has 0 spiro atoms. The number of aromatic nitrogens is 1. The van der Waals surface area contributed by atoms with Gasteiger partial charge in [-0.05, 0) is 63.4 Å². The number of fused-ring (bicyclic) bond motifs is 1. The summed E-state index contributed by atoms with van der Waals surface area (Å²) in [6, 6.07) is 13.1. The van der Waals surface area contributed by atoms with Crippen LogP contribution in [0.3, 0.4) is 0 Å². The lowest BCUT2D eigenvalue weighted by molar-refractivity contribution is 0.471. The van der Waals surface area contributed by atoms with Crippen molar-refractivity contribution in [1.82, 2.24) is 4.57 Å². The summed E-state index contributed by atoms with van der Waals surface area (Å²) in [5, 5.41) is 1.37. The SMILES string of the molecule is Cc1ccc(Cn2c(C)cc3c(N4CCCCC4)cccc32)o1. The quantitative estimate of drug-likeness (QED) is 0.687. The van der Waals surface area contributed by atoms with Crippen molar-refractivity contribution in [3.63, 3.8) is 0 Å². The summed E-state index contributed by atoms with van der Waals surface area (Å²) in [5.41, 5.74) is 3.98. The van der Waals surface area contributed by atoms with E-state index in [1.165, 1.54) is 54.6 Å². The number of benzene rings is 1. The predicted molar refractivity (Wildman–Crippen MR) is 95.3 cm³/mol. The van der Waals surface area contributed by atoms with Crippen LogP contribution in [0, 0.1) is 13.8 Å². The number of hydrogen-bond acceptors (Lipinski definition) is 2. The van der Waals surface area contributed by atoms with Crippen LogP contribution in [0.15, 0.2) is 40.8 Å². The molecule has 120 valence electrons. The fourth-order valence-electron chi connectivity index (χ4n) is 3.75. The normalized spacial score (nSPS) is 15.5. The maximum absolute atomic E-state index is 5.78. The lowest BCUT2D eigenvalue weighted by atomic mass is 10.1. The Morgan fingerprint density at radius 3 is 2.57 bits per heavy atom. The van der Waals surface area contributed by atoms with Gasteiger partial charge < -0.3 is 13.9 Å². The number of piperidine rings is 1. The van der Waals surface area contributed by atoms with E-state index >= 15 is 0 Å². The zero-order valence-corrected chi connectivity index (χ0v) is 14.0. The monoisotopic (exact) mass is 308 g/mol. The third-order valence-corrected chi connectivity index (χ3v) is 4.94. The Hall–Kier alpha value is -2.16. The van der Waals surface area contributed by atoms with Crippen molar-refractivity contribution in [2.75, 3.05) is 18.0 Å². The van der Waals surface area contributed by atoms with Crippen LogP contribution in [0.25, 0.3) is 10.9 Å². The van der Waals surface area contributed by atoms with Crippen molar-refractivity contribution >= 4 is 16.6 Å². The van der Waals surface area contributed by atoms with Crippen molar-refractivity contribution in [3.05, 3.63) is 53.6 Å². The van der Waals surface area contributed by atoms with Crippen LogP contribution in [-0.2, 0) is 6.54 Å². The van der Waals surface area contributed by atoms with Gasteiger partial charge in [-0.3, -0.25) is 0 Å². The average Bonchev–Trinajstić information content (AvgIpc) is 3.12. The highest BCUT2D eigenvalue weighted by Crippen LogP contribution is 2.32. The minimum Gasteiger partial charge on any atom is -0.464 e. The van der Waals surface area contributed by atoms with Gasteiger partial charge in [-0.2, -0.15) is 0 Å². The summed E-state index contributed by atoms with van der Waals surface area (Å²) in [4.78, 5) is 2.55. The smallest absolute Gasteiger partial charge is 0.123 e. The fraction of sp³-hybridized carbons (Fsp3) is 0.400. The predicted octanol–water partition coefficient (Wildman–Crippen LogP) is 4.89. The molecule has 3 nitrogen and oxygen atoms in total. The van der Waals surface area contributed by atoms with Crippen LogP contribution in [0.1, 0.15) is 36.5 Å². The minimum atomic E-state index is 0.798. The highest BCUT2D eigenvalue weighted by molar-refractivity contribution is 5.93. The van der Waals surface area contributed by atoms with Gasteiger partial charge in [-0.25, -0.2) is 0 Å². The molecular weight excluding hydrogens is 284 g/mol. The van der Waals surface area contributed by atoms with E-state index in [1.807, 2.05) is 13.0 Å². The maximum Gasteiger partial charge on any atom is 0.123 e. The zero-order valence-electron chi connectivity index (χ0n) is 14.0. The van der Waals surface area contributed by atoms with Crippen LogP contribution in [0.4, 0.5) is 5.69 Å². The standard InChI is InChI=1S/C20H24N2O/c1-15-13-18-19(21-11-4-3-5-12-21)7-6-8-20(18)22(15)14-17-10-9-16(2)23-17/h6-10,13H,3-5,11-12,14H2,1-2H3. The van der Waals surface area contributed by atoms with E-state index in [2.05, 4.69) is 46.7 Å². The molecule has 0 bridgehead atoms. The second kappa shape index (κ2) is 5.80. The van der Waals surface area contributed by atoms with Crippen LogP contribution in [0.5, 0.6) is 0 Å². The Bertz CT molecular complexity index is 821. The van der Waals surface area contributed by atoms with E-state index in [-0.39, 0.29) is 0 Å². The van der Waals surface area contributed by atoms with Crippen molar-refractivity contribution in [1.29, 1.82) is 0 Å². The summed E-state index contributed by atoms with van der Waals surface area (Å²) < 4.78 is 8.14. The van der Waals surface area contributed by atoms with E-state index in [0.29, 0.717) is 0 Å². The first-order chi connectivity index (χ1) is 11.2. The van der Waals surface area contributed by atoms with Gasteiger partial charge in [0, 0.05) is 29.9 Å². The molecule has 4 rings (SSSR count). The summed E-state index contributed by atoms with van der Waals surface area (Å²) in [5.74, 6) is 1.99. The van der Waals surface area contributed by atoms with E-state index in [0.717, 1.165) is 18.1 Å². The lowest BCUT2D eigenvalue weighted by Crippen LogP contribution is -2.29. The molecule has 23 heavy (non-hydrogen) atoms. The molecule has 1 aliphatic heterocycles. The third-order valence-electron chi connectivity index (χ3n) is 4.94. The molecule has 0 radical (unpaired) electrons. The molecule has 0 N–H and O–H groups in total. The van der Waals surface area contributed by atoms with Crippen molar-refractivity contribution < 1.29 is 4.42 Å². The molecule has 1 aromatic carbocycles. The van der Waals surface area contributed by atoms with Crippen molar-refractivity contribution in [2.45, 2.75) is 39.7 Å². The summed E-state index contributed by atoms with van der Waals surface area (Å²) in [7, 11) is 0. The fourth-order valence-corrected chi connectivity index (χ4v) is 3.75. The lowest BCUT2D eigenvalue weighted by Gasteiger charge is -2.29. The average molecular weight is 308 g/mol. The molecule has 3 heterocycles. The molecule has 0 aliphatic carbocycles. The maximum atomic E-state index is 5.78. The molecule has 0 unspecified atom stereocenters. The number of nitrogens with zero attached hydrogens (tertiary/aromatic N) is 2. The highest BCUT2D eigenvalue weighted by atomic mass is 16.3. The Morgan fingerprint density at radius 2 is 1.83 bits per heavy atom. The van der Waals surface area contributed by atoms with Crippen molar-refractivity contribution in [2.24, 2.45) is 0 Å². The van der Waals surface area contributed by atoms with E-state index in [4.69, 9.17) is 4.42 Å². The van der Waals surface area contributed by atoms with Gasteiger partial charge in [0.2, 0.25) is 0 Å². The van der Waals surface area contributed by atoms with E-state index in [1.54, 1.807) is 0 Å². The molecular formula is C20H24N2O. The number of anilines is 1. The van der Waals surface area contributed by atoms with E-state index in [9.17, 15) is 0 Å². The van der Waals surface area contributed by atoms with Gasteiger partial charge in [0.05, 0.1) is 12.1 Å². The molecule has 1 saturated heterocycles. The van der Waals surface area contributed by atoms with Gasteiger partial charge in [0.1, 0.15) is 11.5 Å². The van der Waals surface area contributed by atoms with Crippen molar-refractivity contribution in [3.8, 4) is 0 Å². The highest BCUT2D eigenvalue weighted by Gasteiger charge is 2.16. The first-order valence-electron chi connectivity index (χ1n) is 8.61.